The van der Waals surface area contributed by atoms with Gasteiger partial charge in [-0.3, -0.25) is 4.90 Å². The van der Waals surface area contributed by atoms with E-state index >= 15 is 0 Å². The molecule has 0 saturated carbocycles. The molecule has 1 aromatic carbocycles. The van der Waals surface area contributed by atoms with E-state index in [9.17, 15) is 0 Å². The second-order valence-electron chi connectivity index (χ2n) is 5.69. The van der Waals surface area contributed by atoms with Crippen molar-refractivity contribution in [3.8, 4) is 0 Å². The van der Waals surface area contributed by atoms with Gasteiger partial charge in [-0.1, -0.05) is 26.0 Å². The lowest BCUT2D eigenvalue weighted by Gasteiger charge is -2.26. The molecule has 0 amide bonds. The fraction of sp³-hybridized carbons (Fsp3) is 0.625. The third-order valence-corrected chi connectivity index (χ3v) is 3.51. The van der Waals surface area contributed by atoms with Gasteiger partial charge in [-0.2, -0.15) is 0 Å². The Morgan fingerprint density at radius 3 is 2.47 bits per heavy atom. The highest BCUT2D eigenvalue weighted by Gasteiger charge is 2.10. The SMILES string of the molecule is CC(C)CCNc1ccc(CN2CCOCC2)cc1. The molecular formula is C16H26N2O. The van der Waals surface area contributed by atoms with E-state index in [1.165, 1.54) is 17.7 Å². The zero-order valence-electron chi connectivity index (χ0n) is 12.2. The molecule has 0 atom stereocenters. The fourth-order valence-electron chi connectivity index (χ4n) is 2.25. The molecule has 1 fully saturated rings. The van der Waals surface area contributed by atoms with Gasteiger partial charge >= 0.3 is 0 Å². The molecule has 1 aliphatic rings. The molecule has 19 heavy (non-hydrogen) atoms. The lowest BCUT2D eigenvalue weighted by Crippen LogP contribution is -2.35. The van der Waals surface area contributed by atoms with Gasteiger partial charge in [0.2, 0.25) is 0 Å². The number of anilines is 1. The maximum Gasteiger partial charge on any atom is 0.0594 e. The average Bonchev–Trinajstić information content (AvgIpc) is 2.42. The van der Waals surface area contributed by atoms with E-state index in [0.717, 1.165) is 45.3 Å². The Kier molecular flexibility index (Phi) is 5.67. The fourth-order valence-corrected chi connectivity index (χ4v) is 2.25. The topological polar surface area (TPSA) is 24.5 Å². The van der Waals surface area contributed by atoms with Gasteiger partial charge in [0.15, 0.2) is 0 Å². The highest BCUT2D eigenvalue weighted by molar-refractivity contribution is 5.44. The Labute approximate surface area is 116 Å². The van der Waals surface area contributed by atoms with Crippen molar-refractivity contribution in [1.82, 2.24) is 4.90 Å². The van der Waals surface area contributed by atoms with Gasteiger partial charge in [-0.25, -0.2) is 0 Å². The van der Waals surface area contributed by atoms with Gasteiger partial charge in [-0.15, -0.1) is 0 Å². The zero-order chi connectivity index (χ0) is 13.5. The lowest BCUT2D eigenvalue weighted by molar-refractivity contribution is 0.0342. The van der Waals surface area contributed by atoms with Crippen LogP contribution in [-0.4, -0.2) is 37.7 Å². The quantitative estimate of drug-likeness (QED) is 0.853. The first-order valence-corrected chi connectivity index (χ1v) is 7.37. The van der Waals surface area contributed by atoms with Crippen LogP contribution in [0, 0.1) is 5.92 Å². The molecule has 0 spiro atoms. The van der Waals surface area contributed by atoms with Crippen molar-refractivity contribution in [3.63, 3.8) is 0 Å². The number of hydrogen-bond acceptors (Lipinski definition) is 3. The number of hydrogen-bond donors (Lipinski definition) is 1. The number of benzene rings is 1. The van der Waals surface area contributed by atoms with Crippen molar-refractivity contribution in [3.05, 3.63) is 29.8 Å². The number of morpholine rings is 1. The molecule has 0 unspecified atom stereocenters. The minimum atomic E-state index is 0.757. The first-order chi connectivity index (χ1) is 9.24. The number of nitrogens with one attached hydrogen (secondary N) is 1. The first-order valence-electron chi connectivity index (χ1n) is 7.37. The van der Waals surface area contributed by atoms with Crippen molar-refractivity contribution < 1.29 is 4.74 Å². The molecule has 3 nitrogen and oxygen atoms in total. The Morgan fingerprint density at radius 1 is 1.16 bits per heavy atom. The van der Waals surface area contributed by atoms with E-state index in [1.807, 2.05) is 0 Å². The largest absolute Gasteiger partial charge is 0.385 e. The van der Waals surface area contributed by atoms with Crippen LogP contribution in [0.15, 0.2) is 24.3 Å². The van der Waals surface area contributed by atoms with Crippen LogP contribution in [0.4, 0.5) is 5.69 Å². The van der Waals surface area contributed by atoms with Crippen LogP contribution in [-0.2, 0) is 11.3 Å². The highest BCUT2D eigenvalue weighted by atomic mass is 16.5. The standard InChI is InChI=1S/C16H26N2O/c1-14(2)7-8-17-16-5-3-15(4-6-16)13-18-9-11-19-12-10-18/h3-6,14,17H,7-13H2,1-2H3. The molecule has 1 heterocycles. The molecule has 2 rings (SSSR count). The Morgan fingerprint density at radius 2 is 1.84 bits per heavy atom. The maximum absolute atomic E-state index is 5.37. The van der Waals surface area contributed by atoms with Crippen LogP contribution in [0.1, 0.15) is 25.8 Å². The van der Waals surface area contributed by atoms with Crippen LogP contribution in [0.5, 0.6) is 0 Å². The minimum Gasteiger partial charge on any atom is -0.385 e. The smallest absolute Gasteiger partial charge is 0.0594 e. The van der Waals surface area contributed by atoms with E-state index in [2.05, 4.69) is 48.3 Å². The van der Waals surface area contributed by atoms with Gasteiger partial charge < -0.3 is 10.1 Å². The molecule has 3 heteroatoms. The summed E-state index contributed by atoms with van der Waals surface area (Å²) in [5.74, 6) is 0.757. The minimum absolute atomic E-state index is 0.757. The molecule has 1 aliphatic heterocycles. The van der Waals surface area contributed by atoms with Gasteiger partial charge in [0.1, 0.15) is 0 Å². The normalized spacial score (nSPS) is 16.8. The van der Waals surface area contributed by atoms with Gasteiger partial charge in [0.05, 0.1) is 13.2 Å². The predicted octanol–water partition coefficient (Wildman–Crippen LogP) is 2.98. The molecule has 0 aromatic heterocycles. The molecule has 0 bridgehead atoms. The summed E-state index contributed by atoms with van der Waals surface area (Å²) in [4.78, 5) is 2.45. The Balaban J connectivity index is 1.77. The van der Waals surface area contributed by atoms with Crippen LogP contribution in [0.3, 0.4) is 0 Å². The molecular weight excluding hydrogens is 236 g/mol. The summed E-state index contributed by atoms with van der Waals surface area (Å²) >= 11 is 0. The number of nitrogens with zero attached hydrogens (tertiary/aromatic N) is 1. The molecule has 1 N–H and O–H groups in total. The summed E-state index contributed by atoms with van der Waals surface area (Å²) in [6.45, 7) is 10.4. The van der Waals surface area contributed by atoms with Gasteiger partial charge in [0, 0.05) is 31.9 Å². The molecule has 1 saturated heterocycles. The molecule has 1 aromatic rings. The van der Waals surface area contributed by atoms with Crippen molar-refractivity contribution in [2.75, 3.05) is 38.2 Å². The second kappa shape index (κ2) is 7.51. The number of ether oxygens (including phenoxy) is 1. The monoisotopic (exact) mass is 262 g/mol. The molecule has 0 aliphatic carbocycles. The summed E-state index contributed by atoms with van der Waals surface area (Å²) in [6.07, 6.45) is 1.22. The summed E-state index contributed by atoms with van der Waals surface area (Å²) in [7, 11) is 0. The van der Waals surface area contributed by atoms with Crippen molar-refractivity contribution in [2.24, 2.45) is 5.92 Å². The summed E-state index contributed by atoms with van der Waals surface area (Å²) in [5, 5.41) is 3.47. The van der Waals surface area contributed by atoms with Crippen molar-refractivity contribution in [1.29, 1.82) is 0 Å². The van der Waals surface area contributed by atoms with Gasteiger partial charge in [0.25, 0.3) is 0 Å². The zero-order valence-corrected chi connectivity index (χ0v) is 12.2. The van der Waals surface area contributed by atoms with Crippen molar-refractivity contribution >= 4 is 5.69 Å². The first kappa shape index (κ1) is 14.4. The van der Waals surface area contributed by atoms with Crippen LogP contribution < -0.4 is 5.32 Å². The summed E-state index contributed by atoms with van der Waals surface area (Å²) in [6, 6.07) is 8.84. The molecule has 0 radical (unpaired) electrons. The highest BCUT2D eigenvalue weighted by Crippen LogP contribution is 2.13. The van der Waals surface area contributed by atoms with Crippen LogP contribution >= 0.6 is 0 Å². The third kappa shape index (κ3) is 5.21. The maximum atomic E-state index is 5.37. The van der Waals surface area contributed by atoms with Crippen LogP contribution in [0.25, 0.3) is 0 Å². The summed E-state index contributed by atoms with van der Waals surface area (Å²) < 4.78 is 5.37. The van der Waals surface area contributed by atoms with E-state index in [0.29, 0.717) is 0 Å². The molecule has 106 valence electrons. The van der Waals surface area contributed by atoms with E-state index in [4.69, 9.17) is 4.74 Å². The second-order valence-corrected chi connectivity index (χ2v) is 5.69. The Bertz CT molecular complexity index is 356. The predicted molar refractivity (Wildman–Crippen MR) is 80.5 cm³/mol. The van der Waals surface area contributed by atoms with Crippen molar-refractivity contribution in [2.45, 2.75) is 26.8 Å². The van der Waals surface area contributed by atoms with E-state index in [1.54, 1.807) is 0 Å². The van der Waals surface area contributed by atoms with Gasteiger partial charge in [-0.05, 0) is 30.0 Å². The number of rotatable bonds is 6. The Hall–Kier alpha value is -1.06. The van der Waals surface area contributed by atoms with Crippen LogP contribution in [0.2, 0.25) is 0 Å². The van der Waals surface area contributed by atoms with E-state index in [-0.39, 0.29) is 0 Å². The third-order valence-electron chi connectivity index (χ3n) is 3.51. The lowest BCUT2D eigenvalue weighted by atomic mass is 10.1. The summed E-state index contributed by atoms with van der Waals surface area (Å²) in [5.41, 5.74) is 2.61. The van der Waals surface area contributed by atoms with E-state index < -0.39 is 0 Å². The average molecular weight is 262 g/mol.